The number of rotatable bonds is 7. The molecule has 0 aromatic carbocycles. The molecule has 1 aromatic heterocycles. The number of pyridine rings is 1. The molecular formula is C12H22N4O. The third kappa shape index (κ3) is 5.01. The molecule has 0 aliphatic rings. The Labute approximate surface area is 103 Å². The number of nitrogens with two attached hydrogens (primary N) is 1. The average Bonchev–Trinajstić information content (AvgIpc) is 2.31. The Kier molecular flexibility index (Phi) is 5.72. The molecule has 0 radical (unpaired) electrons. The fourth-order valence-corrected chi connectivity index (χ4v) is 1.40. The van der Waals surface area contributed by atoms with Crippen molar-refractivity contribution in [2.45, 2.75) is 6.92 Å². The number of nitrogen functional groups attached to an aromatic ring is 1. The van der Waals surface area contributed by atoms with Crippen molar-refractivity contribution in [3.63, 3.8) is 0 Å². The second-order valence-electron chi connectivity index (χ2n) is 4.09. The zero-order chi connectivity index (χ0) is 12.7. The van der Waals surface area contributed by atoms with Crippen LogP contribution in [-0.4, -0.2) is 50.3 Å². The van der Waals surface area contributed by atoms with Crippen molar-refractivity contribution in [1.29, 1.82) is 0 Å². The van der Waals surface area contributed by atoms with Gasteiger partial charge in [0.05, 0.1) is 18.0 Å². The van der Waals surface area contributed by atoms with Crippen LogP contribution in [-0.2, 0) is 4.74 Å². The number of methoxy groups -OCH3 is 1. The molecule has 3 N–H and O–H groups in total. The van der Waals surface area contributed by atoms with Crippen LogP contribution in [0.1, 0.15) is 5.69 Å². The van der Waals surface area contributed by atoms with E-state index >= 15 is 0 Å². The van der Waals surface area contributed by atoms with E-state index in [4.69, 9.17) is 10.5 Å². The number of ether oxygens (including phenoxy) is 1. The van der Waals surface area contributed by atoms with E-state index < -0.39 is 0 Å². The largest absolute Gasteiger partial charge is 0.397 e. The minimum atomic E-state index is 0.729. The lowest BCUT2D eigenvalue weighted by atomic mass is 10.3. The van der Waals surface area contributed by atoms with Gasteiger partial charge in [0.1, 0.15) is 5.82 Å². The van der Waals surface area contributed by atoms with E-state index in [1.165, 1.54) is 0 Å². The van der Waals surface area contributed by atoms with Gasteiger partial charge < -0.3 is 20.7 Å². The van der Waals surface area contributed by atoms with Crippen LogP contribution in [0.5, 0.6) is 0 Å². The number of nitrogens with one attached hydrogen (secondary N) is 1. The molecule has 5 heteroatoms. The molecule has 0 saturated heterocycles. The maximum absolute atomic E-state index is 5.71. The number of aryl methyl sites for hydroxylation is 1. The molecule has 0 bridgehead atoms. The van der Waals surface area contributed by atoms with Crippen molar-refractivity contribution < 1.29 is 4.74 Å². The first kappa shape index (κ1) is 13.7. The summed E-state index contributed by atoms with van der Waals surface area (Å²) in [5, 5.41) is 3.27. The van der Waals surface area contributed by atoms with Crippen LogP contribution in [0.3, 0.4) is 0 Å². The molecule has 0 aliphatic heterocycles. The van der Waals surface area contributed by atoms with Crippen molar-refractivity contribution >= 4 is 11.5 Å². The van der Waals surface area contributed by atoms with Crippen molar-refractivity contribution in [2.75, 3.05) is 51.4 Å². The SMILES string of the molecule is COCCN(C)CCNc1ccc(N)c(C)n1. The molecule has 1 aromatic rings. The van der Waals surface area contributed by atoms with Gasteiger partial charge in [-0.15, -0.1) is 0 Å². The Morgan fingerprint density at radius 3 is 2.82 bits per heavy atom. The Morgan fingerprint density at radius 2 is 2.18 bits per heavy atom. The normalized spacial score (nSPS) is 10.8. The summed E-state index contributed by atoms with van der Waals surface area (Å²) in [4.78, 5) is 6.56. The summed E-state index contributed by atoms with van der Waals surface area (Å²) in [5.41, 5.74) is 7.30. The van der Waals surface area contributed by atoms with Crippen LogP contribution >= 0.6 is 0 Å². The van der Waals surface area contributed by atoms with Crippen molar-refractivity contribution in [2.24, 2.45) is 0 Å². The molecule has 0 fully saturated rings. The van der Waals surface area contributed by atoms with E-state index in [1.807, 2.05) is 19.1 Å². The maximum atomic E-state index is 5.71. The number of likely N-dealkylation sites (N-methyl/N-ethyl adjacent to an activating group) is 1. The van der Waals surface area contributed by atoms with Gasteiger partial charge in [-0.1, -0.05) is 0 Å². The van der Waals surface area contributed by atoms with Gasteiger partial charge in [0.25, 0.3) is 0 Å². The number of hydrogen-bond acceptors (Lipinski definition) is 5. The number of nitrogens with zero attached hydrogens (tertiary/aromatic N) is 2. The lowest BCUT2D eigenvalue weighted by Crippen LogP contribution is -2.28. The van der Waals surface area contributed by atoms with Gasteiger partial charge in [-0.05, 0) is 26.1 Å². The average molecular weight is 238 g/mol. The lowest BCUT2D eigenvalue weighted by molar-refractivity contribution is 0.163. The first-order valence-corrected chi connectivity index (χ1v) is 5.78. The van der Waals surface area contributed by atoms with E-state index in [1.54, 1.807) is 7.11 Å². The molecule has 0 spiro atoms. The van der Waals surface area contributed by atoms with Crippen LogP contribution in [0.25, 0.3) is 0 Å². The molecule has 0 amide bonds. The van der Waals surface area contributed by atoms with Crippen LogP contribution in [0.4, 0.5) is 11.5 Å². The quantitative estimate of drug-likeness (QED) is 0.741. The molecule has 0 unspecified atom stereocenters. The Bertz CT molecular complexity index is 343. The third-order valence-corrected chi connectivity index (χ3v) is 2.60. The highest BCUT2D eigenvalue weighted by Gasteiger charge is 2.00. The Morgan fingerprint density at radius 1 is 1.41 bits per heavy atom. The van der Waals surface area contributed by atoms with Gasteiger partial charge in [-0.25, -0.2) is 4.98 Å². The maximum Gasteiger partial charge on any atom is 0.126 e. The number of aromatic nitrogens is 1. The minimum Gasteiger partial charge on any atom is -0.397 e. The van der Waals surface area contributed by atoms with Crippen molar-refractivity contribution in [1.82, 2.24) is 9.88 Å². The summed E-state index contributed by atoms with van der Waals surface area (Å²) in [6, 6.07) is 3.77. The molecule has 17 heavy (non-hydrogen) atoms. The van der Waals surface area contributed by atoms with E-state index in [0.717, 1.165) is 43.4 Å². The summed E-state index contributed by atoms with van der Waals surface area (Å²) in [6.07, 6.45) is 0. The van der Waals surface area contributed by atoms with Gasteiger partial charge in [0.2, 0.25) is 0 Å². The first-order chi connectivity index (χ1) is 8.13. The fourth-order valence-electron chi connectivity index (χ4n) is 1.40. The second kappa shape index (κ2) is 7.09. The monoisotopic (exact) mass is 238 g/mol. The highest BCUT2D eigenvalue weighted by Crippen LogP contribution is 2.11. The molecule has 0 saturated carbocycles. The number of hydrogen-bond donors (Lipinski definition) is 2. The van der Waals surface area contributed by atoms with Gasteiger partial charge >= 0.3 is 0 Å². The van der Waals surface area contributed by atoms with Crippen LogP contribution in [0.2, 0.25) is 0 Å². The standard InChI is InChI=1S/C12H22N4O/c1-10-11(13)4-5-12(15-10)14-6-7-16(2)8-9-17-3/h4-5H,6-9,13H2,1-3H3,(H,14,15). The second-order valence-corrected chi connectivity index (χ2v) is 4.09. The molecule has 5 nitrogen and oxygen atoms in total. The van der Waals surface area contributed by atoms with E-state index in [2.05, 4.69) is 22.2 Å². The predicted molar refractivity (Wildman–Crippen MR) is 71.2 cm³/mol. The van der Waals surface area contributed by atoms with Gasteiger partial charge in [-0.3, -0.25) is 0 Å². The highest BCUT2D eigenvalue weighted by molar-refractivity contribution is 5.48. The van der Waals surface area contributed by atoms with Crippen LogP contribution in [0, 0.1) is 6.92 Å². The van der Waals surface area contributed by atoms with E-state index in [-0.39, 0.29) is 0 Å². The molecule has 96 valence electrons. The van der Waals surface area contributed by atoms with Gasteiger partial charge in [0, 0.05) is 26.7 Å². The summed E-state index contributed by atoms with van der Waals surface area (Å²) in [6.45, 7) is 5.42. The van der Waals surface area contributed by atoms with E-state index in [0.29, 0.717) is 0 Å². The summed E-state index contributed by atoms with van der Waals surface area (Å²) in [7, 11) is 3.79. The van der Waals surface area contributed by atoms with E-state index in [9.17, 15) is 0 Å². The molecule has 0 atom stereocenters. The Hall–Kier alpha value is -1.33. The highest BCUT2D eigenvalue weighted by atomic mass is 16.5. The number of anilines is 2. The van der Waals surface area contributed by atoms with Crippen LogP contribution in [0.15, 0.2) is 12.1 Å². The molecule has 1 heterocycles. The van der Waals surface area contributed by atoms with Crippen molar-refractivity contribution in [3.8, 4) is 0 Å². The van der Waals surface area contributed by atoms with Gasteiger partial charge in [-0.2, -0.15) is 0 Å². The molecule has 1 rings (SSSR count). The minimum absolute atomic E-state index is 0.729. The zero-order valence-electron chi connectivity index (χ0n) is 10.9. The molecular weight excluding hydrogens is 216 g/mol. The van der Waals surface area contributed by atoms with Crippen molar-refractivity contribution in [3.05, 3.63) is 17.8 Å². The predicted octanol–water partition coefficient (Wildman–Crippen LogP) is 0.962. The summed E-state index contributed by atoms with van der Waals surface area (Å²) < 4.78 is 5.02. The summed E-state index contributed by atoms with van der Waals surface area (Å²) >= 11 is 0. The zero-order valence-corrected chi connectivity index (χ0v) is 10.9. The topological polar surface area (TPSA) is 63.4 Å². The summed E-state index contributed by atoms with van der Waals surface area (Å²) in [5.74, 6) is 0.872. The first-order valence-electron chi connectivity index (χ1n) is 5.78. The smallest absolute Gasteiger partial charge is 0.126 e. The van der Waals surface area contributed by atoms with Crippen LogP contribution < -0.4 is 11.1 Å². The lowest BCUT2D eigenvalue weighted by Gasteiger charge is -2.16. The fraction of sp³-hybridized carbons (Fsp3) is 0.583. The molecule has 0 aliphatic carbocycles. The Balaban J connectivity index is 2.28. The van der Waals surface area contributed by atoms with Gasteiger partial charge in [0.15, 0.2) is 0 Å². The third-order valence-electron chi connectivity index (χ3n) is 2.60.